The highest BCUT2D eigenvalue weighted by Gasteiger charge is 2.25. The summed E-state index contributed by atoms with van der Waals surface area (Å²) in [4.78, 5) is 19.0. The van der Waals surface area contributed by atoms with Gasteiger partial charge in [0.1, 0.15) is 11.5 Å². The monoisotopic (exact) mass is 390 g/mol. The molecule has 0 bridgehead atoms. The minimum Gasteiger partial charge on any atom is -0.497 e. The fourth-order valence-electron chi connectivity index (χ4n) is 2.88. The van der Waals surface area contributed by atoms with Crippen LogP contribution in [-0.2, 0) is 4.74 Å². The molecule has 1 atom stereocenters. The molecule has 28 heavy (non-hydrogen) atoms. The Morgan fingerprint density at radius 3 is 2.82 bits per heavy atom. The molecule has 0 spiro atoms. The lowest BCUT2D eigenvalue weighted by atomic mass is 10.2. The van der Waals surface area contributed by atoms with Crippen LogP contribution >= 0.6 is 0 Å². The van der Waals surface area contributed by atoms with Crippen molar-refractivity contribution < 1.29 is 19.1 Å². The molecular formula is C17H22N6O5. The summed E-state index contributed by atoms with van der Waals surface area (Å²) < 4.78 is 16.1. The Labute approximate surface area is 161 Å². The highest BCUT2D eigenvalue weighted by atomic mass is 16.6. The highest BCUT2D eigenvalue weighted by Crippen LogP contribution is 2.34. The fraction of sp³-hybridized carbons (Fsp3) is 0.412. The van der Waals surface area contributed by atoms with E-state index in [-0.39, 0.29) is 29.4 Å². The Bertz CT molecular complexity index is 856. The van der Waals surface area contributed by atoms with Crippen LogP contribution in [0.1, 0.15) is 12.8 Å². The molecule has 1 unspecified atom stereocenters. The van der Waals surface area contributed by atoms with Crippen molar-refractivity contribution in [2.24, 2.45) is 0 Å². The first kappa shape index (κ1) is 19.4. The summed E-state index contributed by atoms with van der Waals surface area (Å²) in [7, 11) is 3.06. The molecule has 1 fully saturated rings. The predicted molar refractivity (Wildman–Crippen MR) is 103 cm³/mol. The van der Waals surface area contributed by atoms with Crippen molar-refractivity contribution in [1.29, 1.82) is 0 Å². The molecule has 4 N–H and O–H groups in total. The average molecular weight is 390 g/mol. The topological polar surface area (TPSA) is 147 Å². The molecule has 150 valence electrons. The van der Waals surface area contributed by atoms with Gasteiger partial charge < -0.3 is 30.6 Å². The number of methoxy groups -OCH3 is 2. The molecule has 2 heterocycles. The SMILES string of the molecule is COc1ccc(OC)c(Nc2nc(N)c([N+](=O)[O-])c(NCC3CCCO3)n2)c1. The van der Waals surface area contributed by atoms with Gasteiger partial charge in [-0.3, -0.25) is 10.1 Å². The minimum absolute atomic E-state index is 0.0225. The van der Waals surface area contributed by atoms with E-state index in [1.165, 1.54) is 7.11 Å². The zero-order valence-electron chi connectivity index (χ0n) is 15.6. The molecule has 2 aromatic rings. The molecule has 0 amide bonds. The summed E-state index contributed by atoms with van der Waals surface area (Å²) in [5.41, 5.74) is 5.98. The summed E-state index contributed by atoms with van der Waals surface area (Å²) in [6.07, 6.45) is 1.82. The zero-order chi connectivity index (χ0) is 20.1. The van der Waals surface area contributed by atoms with Gasteiger partial charge in [-0.05, 0) is 25.0 Å². The number of rotatable bonds is 8. The van der Waals surface area contributed by atoms with Crippen molar-refractivity contribution >= 4 is 29.0 Å². The van der Waals surface area contributed by atoms with Gasteiger partial charge in [0.15, 0.2) is 0 Å². The van der Waals surface area contributed by atoms with Crippen molar-refractivity contribution in [2.75, 3.05) is 43.7 Å². The normalized spacial score (nSPS) is 15.9. The predicted octanol–water partition coefficient (Wildman–Crippen LogP) is 2.32. The lowest BCUT2D eigenvalue weighted by Gasteiger charge is -2.15. The summed E-state index contributed by atoms with van der Waals surface area (Å²) in [5.74, 6) is 0.978. The van der Waals surface area contributed by atoms with Gasteiger partial charge in [-0.2, -0.15) is 9.97 Å². The van der Waals surface area contributed by atoms with Crippen LogP contribution in [0.15, 0.2) is 18.2 Å². The Balaban J connectivity index is 1.90. The van der Waals surface area contributed by atoms with Gasteiger partial charge >= 0.3 is 5.69 Å². The Kier molecular flexibility index (Phi) is 5.94. The number of nitro groups is 1. The molecule has 11 nitrogen and oxygen atoms in total. The van der Waals surface area contributed by atoms with E-state index < -0.39 is 4.92 Å². The number of hydrogen-bond donors (Lipinski definition) is 3. The van der Waals surface area contributed by atoms with E-state index in [1.54, 1.807) is 25.3 Å². The lowest BCUT2D eigenvalue weighted by Crippen LogP contribution is -2.20. The smallest absolute Gasteiger partial charge is 0.353 e. The summed E-state index contributed by atoms with van der Waals surface area (Å²) in [6.45, 7) is 1.07. The van der Waals surface area contributed by atoms with Gasteiger partial charge in [-0.15, -0.1) is 0 Å². The van der Waals surface area contributed by atoms with Crippen LogP contribution in [-0.4, -0.2) is 48.4 Å². The van der Waals surface area contributed by atoms with Crippen LogP contribution in [0.5, 0.6) is 11.5 Å². The molecule has 0 aliphatic carbocycles. The van der Waals surface area contributed by atoms with Gasteiger partial charge in [-0.1, -0.05) is 0 Å². The van der Waals surface area contributed by atoms with Gasteiger partial charge in [0.25, 0.3) is 0 Å². The van der Waals surface area contributed by atoms with E-state index in [0.29, 0.717) is 30.3 Å². The number of nitrogens with zero attached hydrogens (tertiary/aromatic N) is 3. The molecule has 1 saturated heterocycles. The molecule has 0 radical (unpaired) electrons. The van der Waals surface area contributed by atoms with Crippen LogP contribution in [0, 0.1) is 10.1 Å². The first-order valence-electron chi connectivity index (χ1n) is 8.68. The van der Waals surface area contributed by atoms with Crippen LogP contribution in [0.2, 0.25) is 0 Å². The van der Waals surface area contributed by atoms with Crippen LogP contribution in [0.4, 0.5) is 29.0 Å². The van der Waals surface area contributed by atoms with E-state index in [0.717, 1.165) is 12.8 Å². The number of nitrogens with two attached hydrogens (primary N) is 1. The summed E-state index contributed by atoms with van der Waals surface area (Å²) in [6, 6.07) is 5.15. The van der Waals surface area contributed by atoms with Crippen molar-refractivity contribution in [2.45, 2.75) is 18.9 Å². The zero-order valence-corrected chi connectivity index (χ0v) is 15.6. The third-order valence-corrected chi connectivity index (χ3v) is 4.27. The maximum atomic E-state index is 11.4. The third kappa shape index (κ3) is 4.31. The highest BCUT2D eigenvalue weighted by molar-refractivity contribution is 5.72. The largest absolute Gasteiger partial charge is 0.497 e. The molecule has 0 saturated carbocycles. The van der Waals surface area contributed by atoms with E-state index in [2.05, 4.69) is 20.6 Å². The standard InChI is InChI=1S/C17H22N6O5/c1-26-10-5-6-13(27-2)12(8-10)20-17-21-15(18)14(23(24)25)16(22-17)19-9-11-4-3-7-28-11/h5-6,8,11H,3-4,7,9H2,1-2H3,(H4,18,19,20,21,22). The summed E-state index contributed by atoms with van der Waals surface area (Å²) in [5, 5.41) is 17.3. The Morgan fingerprint density at radius 1 is 1.36 bits per heavy atom. The van der Waals surface area contributed by atoms with Crippen LogP contribution < -0.4 is 25.8 Å². The molecule has 1 aromatic heterocycles. The summed E-state index contributed by atoms with van der Waals surface area (Å²) >= 11 is 0. The van der Waals surface area contributed by atoms with Crippen LogP contribution in [0.25, 0.3) is 0 Å². The number of nitrogen functional groups attached to an aromatic ring is 1. The maximum absolute atomic E-state index is 11.4. The van der Waals surface area contributed by atoms with E-state index in [1.807, 2.05) is 0 Å². The first-order valence-corrected chi connectivity index (χ1v) is 8.68. The van der Waals surface area contributed by atoms with Crippen LogP contribution in [0.3, 0.4) is 0 Å². The number of benzene rings is 1. The van der Waals surface area contributed by atoms with Gasteiger partial charge in [0.05, 0.1) is 30.9 Å². The Hall–Kier alpha value is -3.34. The quantitative estimate of drug-likeness (QED) is 0.453. The van der Waals surface area contributed by atoms with E-state index in [9.17, 15) is 10.1 Å². The van der Waals surface area contributed by atoms with Crippen molar-refractivity contribution in [3.63, 3.8) is 0 Å². The number of nitrogens with one attached hydrogen (secondary N) is 2. The van der Waals surface area contributed by atoms with Crippen molar-refractivity contribution in [3.8, 4) is 11.5 Å². The van der Waals surface area contributed by atoms with Gasteiger partial charge in [-0.25, -0.2) is 0 Å². The molecular weight excluding hydrogens is 368 g/mol. The second-order valence-electron chi connectivity index (χ2n) is 6.09. The second kappa shape index (κ2) is 8.57. The Morgan fingerprint density at radius 2 is 2.18 bits per heavy atom. The number of aromatic nitrogens is 2. The molecule has 1 aliphatic heterocycles. The molecule has 3 rings (SSSR count). The van der Waals surface area contributed by atoms with Gasteiger partial charge in [0, 0.05) is 19.2 Å². The second-order valence-corrected chi connectivity index (χ2v) is 6.09. The fourth-order valence-corrected chi connectivity index (χ4v) is 2.88. The number of hydrogen-bond acceptors (Lipinski definition) is 10. The minimum atomic E-state index is -0.608. The molecule has 1 aromatic carbocycles. The lowest BCUT2D eigenvalue weighted by molar-refractivity contribution is -0.383. The van der Waals surface area contributed by atoms with Crippen molar-refractivity contribution in [3.05, 3.63) is 28.3 Å². The average Bonchev–Trinajstić information content (AvgIpc) is 3.19. The maximum Gasteiger partial charge on any atom is 0.353 e. The van der Waals surface area contributed by atoms with Gasteiger partial charge in [0.2, 0.25) is 17.6 Å². The van der Waals surface area contributed by atoms with Crippen molar-refractivity contribution in [1.82, 2.24) is 9.97 Å². The van der Waals surface area contributed by atoms with E-state index in [4.69, 9.17) is 19.9 Å². The number of ether oxygens (including phenoxy) is 3. The molecule has 11 heteroatoms. The molecule has 1 aliphatic rings. The first-order chi connectivity index (χ1) is 13.5. The number of anilines is 4. The van der Waals surface area contributed by atoms with E-state index >= 15 is 0 Å². The third-order valence-electron chi connectivity index (χ3n) is 4.27.